The van der Waals surface area contributed by atoms with Gasteiger partial charge in [0, 0.05) is 24.1 Å². The summed E-state index contributed by atoms with van der Waals surface area (Å²) in [6.45, 7) is 2.97. The van der Waals surface area contributed by atoms with Crippen LogP contribution in [0.3, 0.4) is 0 Å². The number of ketones is 1. The first kappa shape index (κ1) is 14.9. The van der Waals surface area contributed by atoms with Crippen molar-refractivity contribution in [2.24, 2.45) is 0 Å². The fraction of sp³-hybridized carbons (Fsp3) is 0.333. The number of rotatable bonds is 4. The summed E-state index contributed by atoms with van der Waals surface area (Å²) < 4.78 is 0. The van der Waals surface area contributed by atoms with E-state index in [0.717, 1.165) is 4.90 Å². The van der Waals surface area contributed by atoms with E-state index in [9.17, 15) is 19.2 Å². The van der Waals surface area contributed by atoms with Crippen LogP contribution in [-0.4, -0.2) is 34.4 Å². The number of hydrogen-bond donors (Lipinski definition) is 1. The summed E-state index contributed by atoms with van der Waals surface area (Å²) >= 11 is 0. The summed E-state index contributed by atoms with van der Waals surface area (Å²) in [5.41, 5.74) is 1.06. The summed E-state index contributed by atoms with van der Waals surface area (Å²) in [5.74, 6) is -1.15. The maximum absolute atomic E-state index is 12.1. The third kappa shape index (κ3) is 3.16. The molecule has 1 heterocycles. The van der Waals surface area contributed by atoms with Crippen LogP contribution in [0.4, 0.5) is 5.69 Å². The van der Waals surface area contributed by atoms with Gasteiger partial charge in [-0.3, -0.25) is 24.1 Å². The minimum Gasteiger partial charge on any atom is -0.324 e. The minimum atomic E-state index is -0.847. The van der Waals surface area contributed by atoms with Crippen LogP contribution in [0, 0.1) is 0 Å². The predicted molar refractivity (Wildman–Crippen MR) is 75.6 cm³/mol. The van der Waals surface area contributed by atoms with Gasteiger partial charge in [0.15, 0.2) is 5.78 Å². The molecule has 3 amide bonds. The highest BCUT2D eigenvalue weighted by atomic mass is 16.2. The molecule has 1 aliphatic heterocycles. The average molecular weight is 288 g/mol. The van der Waals surface area contributed by atoms with Gasteiger partial charge in [-0.2, -0.15) is 0 Å². The Bertz CT molecular complexity index is 591. The molecular weight excluding hydrogens is 272 g/mol. The summed E-state index contributed by atoms with van der Waals surface area (Å²) in [5, 5.41) is 2.63. The monoisotopic (exact) mass is 288 g/mol. The van der Waals surface area contributed by atoms with Crippen LogP contribution in [0.25, 0.3) is 0 Å². The molecule has 1 aromatic rings. The zero-order valence-electron chi connectivity index (χ0n) is 11.9. The number of benzene rings is 1. The van der Waals surface area contributed by atoms with Gasteiger partial charge in [0.2, 0.25) is 17.7 Å². The fourth-order valence-electron chi connectivity index (χ4n) is 2.18. The lowest BCUT2D eigenvalue weighted by Crippen LogP contribution is -2.44. The SMILES string of the molecule is CC(=O)c1ccc(NC(=O)[C@H](C)N2C(=O)CCC2=O)cc1. The van der Waals surface area contributed by atoms with Crippen molar-refractivity contribution in [3.63, 3.8) is 0 Å². The first-order valence-electron chi connectivity index (χ1n) is 6.67. The molecule has 0 aliphatic carbocycles. The fourth-order valence-corrected chi connectivity index (χ4v) is 2.18. The Morgan fingerprint density at radius 2 is 1.62 bits per heavy atom. The number of Topliss-reactive ketones (excluding diaryl/α,β-unsaturated/α-hetero) is 1. The molecule has 1 atom stereocenters. The van der Waals surface area contributed by atoms with Gasteiger partial charge in [-0.15, -0.1) is 0 Å². The van der Waals surface area contributed by atoms with Crippen LogP contribution in [0.1, 0.15) is 37.0 Å². The van der Waals surface area contributed by atoms with Crippen molar-refractivity contribution in [3.05, 3.63) is 29.8 Å². The standard InChI is InChI=1S/C15H16N2O4/c1-9(17-13(19)7-8-14(17)20)15(21)16-12-5-3-11(4-6-12)10(2)18/h3-6,9H,7-8H2,1-2H3,(H,16,21)/t9-/m0/s1. The number of anilines is 1. The number of nitrogens with one attached hydrogen (secondary N) is 1. The highest BCUT2D eigenvalue weighted by Crippen LogP contribution is 2.17. The molecule has 0 radical (unpaired) electrons. The second-order valence-corrected chi connectivity index (χ2v) is 4.96. The van der Waals surface area contributed by atoms with Crippen molar-refractivity contribution >= 4 is 29.2 Å². The third-order valence-corrected chi connectivity index (χ3v) is 3.42. The zero-order chi connectivity index (χ0) is 15.6. The predicted octanol–water partition coefficient (Wildman–Crippen LogP) is 1.37. The van der Waals surface area contributed by atoms with Gasteiger partial charge in [0.25, 0.3) is 0 Å². The van der Waals surface area contributed by atoms with E-state index in [1.165, 1.54) is 13.8 Å². The van der Waals surface area contributed by atoms with Crippen LogP contribution >= 0.6 is 0 Å². The molecule has 0 unspecified atom stereocenters. The Morgan fingerprint density at radius 1 is 1.10 bits per heavy atom. The maximum Gasteiger partial charge on any atom is 0.247 e. The van der Waals surface area contributed by atoms with Gasteiger partial charge in [-0.1, -0.05) is 0 Å². The Hall–Kier alpha value is -2.50. The molecular formula is C15H16N2O4. The molecule has 6 nitrogen and oxygen atoms in total. The van der Waals surface area contributed by atoms with Crippen LogP contribution < -0.4 is 5.32 Å². The van der Waals surface area contributed by atoms with Crippen molar-refractivity contribution < 1.29 is 19.2 Å². The highest BCUT2D eigenvalue weighted by molar-refractivity contribution is 6.07. The smallest absolute Gasteiger partial charge is 0.247 e. The molecule has 0 aromatic heterocycles. The Balaban J connectivity index is 2.05. The topological polar surface area (TPSA) is 83.6 Å². The van der Waals surface area contributed by atoms with E-state index < -0.39 is 11.9 Å². The van der Waals surface area contributed by atoms with Crippen molar-refractivity contribution in [3.8, 4) is 0 Å². The van der Waals surface area contributed by atoms with Crippen LogP contribution in [0.5, 0.6) is 0 Å². The maximum atomic E-state index is 12.1. The Kier molecular flexibility index (Phi) is 4.16. The van der Waals surface area contributed by atoms with E-state index in [4.69, 9.17) is 0 Å². The lowest BCUT2D eigenvalue weighted by molar-refractivity contribution is -0.144. The van der Waals surface area contributed by atoms with E-state index >= 15 is 0 Å². The number of carbonyl (C=O) groups is 4. The molecule has 0 saturated carbocycles. The van der Waals surface area contributed by atoms with Crippen molar-refractivity contribution in [1.29, 1.82) is 0 Å². The van der Waals surface area contributed by atoms with E-state index in [1.807, 2.05) is 0 Å². The first-order chi connectivity index (χ1) is 9.90. The van der Waals surface area contributed by atoms with E-state index in [1.54, 1.807) is 24.3 Å². The number of nitrogens with zero attached hydrogens (tertiary/aromatic N) is 1. The molecule has 1 fully saturated rings. The second kappa shape index (κ2) is 5.87. The van der Waals surface area contributed by atoms with E-state index in [-0.39, 0.29) is 30.4 Å². The molecule has 1 saturated heterocycles. The Morgan fingerprint density at radius 3 is 2.10 bits per heavy atom. The molecule has 21 heavy (non-hydrogen) atoms. The van der Waals surface area contributed by atoms with Crippen LogP contribution in [-0.2, 0) is 14.4 Å². The van der Waals surface area contributed by atoms with Crippen molar-refractivity contribution in [1.82, 2.24) is 4.90 Å². The number of imide groups is 1. The summed E-state index contributed by atoms with van der Waals surface area (Å²) in [6.07, 6.45) is 0.313. The van der Waals surface area contributed by atoms with Crippen molar-refractivity contribution in [2.45, 2.75) is 32.7 Å². The third-order valence-electron chi connectivity index (χ3n) is 3.42. The van der Waals surface area contributed by atoms with Crippen molar-refractivity contribution in [2.75, 3.05) is 5.32 Å². The average Bonchev–Trinajstić information content (AvgIpc) is 2.78. The number of amides is 3. The number of hydrogen-bond acceptors (Lipinski definition) is 4. The molecule has 0 bridgehead atoms. The number of likely N-dealkylation sites (tertiary alicyclic amines) is 1. The molecule has 0 spiro atoms. The van der Waals surface area contributed by atoms with Gasteiger partial charge in [0.1, 0.15) is 6.04 Å². The lowest BCUT2D eigenvalue weighted by atomic mass is 10.1. The molecule has 2 rings (SSSR count). The molecule has 110 valence electrons. The van der Waals surface area contributed by atoms with Gasteiger partial charge in [-0.05, 0) is 38.1 Å². The van der Waals surface area contributed by atoms with Gasteiger partial charge >= 0.3 is 0 Å². The minimum absolute atomic E-state index is 0.0606. The summed E-state index contributed by atoms with van der Waals surface area (Å²) in [4.78, 5) is 47.4. The summed E-state index contributed by atoms with van der Waals surface area (Å²) in [7, 11) is 0. The molecule has 1 aromatic carbocycles. The quantitative estimate of drug-likeness (QED) is 0.670. The Labute approximate surface area is 122 Å². The highest BCUT2D eigenvalue weighted by Gasteiger charge is 2.36. The molecule has 1 N–H and O–H groups in total. The second-order valence-electron chi connectivity index (χ2n) is 4.96. The normalized spacial score (nSPS) is 16.0. The number of carbonyl (C=O) groups excluding carboxylic acids is 4. The zero-order valence-corrected chi connectivity index (χ0v) is 11.9. The van der Waals surface area contributed by atoms with Crippen LogP contribution in [0.15, 0.2) is 24.3 Å². The van der Waals surface area contributed by atoms with Gasteiger partial charge in [0.05, 0.1) is 0 Å². The first-order valence-corrected chi connectivity index (χ1v) is 6.67. The van der Waals surface area contributed by atoms with E-state index in [0.29, 0.717) is 11.3 Å². The van der Waals surface area contributed by atoms with E-state index in [2.05, 4.69) is 5.32 Å². The molecule has 6 heteroatoms. The summed E-state index contributed by atoms with van der Waals surface area (Å²) in [6, 6.07) is 5.58. The van der Waals surface area contributed by atoms with Gasteiger partial charge < -0.3 is 5.32 Å². The molecule has 1 aliphatic rings. The van der Waals surface area contributed by atoms with Gasteiger partial charge in [-0.25, -0.2) is 0 Å². The largest absolute Gasteiger partial charge is 0.324 e. The van der Waals surface area contributed by atoms with Crippen LogP contribution in [0.2, 0.25) is 0 Å². The lowest BCUT2D eigenvalue weighted by Gasteiger charge is -2.21.